The second-order valence-corrected chi connectivity index (χ2v) is 10.1. The van der Waals surface area contributed by atoms with Gasteiger partial charge in [0.1, 0.15) is 17.2 Å². The van der Waals surface area contributed by atoms with E-state index in [9.17, 15) is 14.0 Å². The number of nitrogens with zero attached hydrogens (tertiary/aromatic N) is 2. The van der Waals surface area contributed by atoms with E-state index in [1.165, 1.54) is 17.0 Å². The van der Waals surface area contributed by atoms with Gasteiger partial charge in [-0.1, -0.05) is 71.4 Å². The van der Waals surface area contributed by atoms with E-state index in [0.29, 0.717) is 35.1 Å². The number of carbonyl (C=O) groups is 1. The molecule has 2 N–H and O–H groups in total. The molecule has 2 aromatic heterocycles. The highest BCUT2D eigenvalue weighted by Crippen LogP contribution is 2.36. The molecule has 7 heteroatoms. The molecule has 2 aromatic carbocycles. The fraction of sp³-hybridized carbons (Fsp3) is 0.323. The summed E-state index contributed by atoms with van der Waals surface area (Å²) in [5, 5.41) is 3.79. The van der Waals surface area contributed by atoms with E-state index in [-0.39, 0.29) is 17.5 Å². The zero-order valence-electron chi connectivity index (χ0n) is 22.6. The maximum atomic E-state index is 14.4. The van der Waals surface area contributed by atoms with E-state index in [2.05, 4.69) is 43.0 Å². The molecule has 0 saturated carbocycles. The predicted octanol–water partition coefficient (Wildman–Crippen LogP) is 7.81. The molecule has 0 atom stereocenters. The van der Waals surface area contributed by atoms with Crippen molar-refractivity contribution in [3.63, 3.8) is 0 Å². The number of para-hydroxylation sites is 1. The summed E-state index contributed by atoms with van der Waals surface area (Å²) < 4.78 is 14.4. The summed E-state index contributed by atoms with van der Waals surface area (Å²) in [7, 11) is 0. The van der Waals surface area contributed by atoms with E-state index >= 15 is 0 Å². The minimum Gasteiger partial charge on any atom is -0.307 e. The lowest BCUT2D eigenvalue weighted by Gasteiger charge is -2.27. The topological polar surface area (TPSA) is 78.1 Å². The molecule has 4 aromatic rings. The predicted molar refractivity (Wildman–Crippen MR) is 154 cm³/mol. The van der Waals surface area contributed by atoms with Crippen LogP contribution in [0.3, 0.4) is 0 Å². The lowest BCUT2D eigenvalue weighted by atomic mass is 9.92. The van der Waals surface area contributed by atoms with Gasteiger partial charge in [-0.3, -0.25) is 9.69 Å². The van der Waals surface area contributed by atoms with Gasteiger partial charge in [-0.25, -0.2) is 14.2 Å². The molecule has 38 heavy (non-hydrogen) atoms. The number of fused-ring (bicyclic) bond motifs is 1. The summed E-state index contributed by atoms with van der Waals surface area (Å²) >= 11 is 0. The van der Waals surface area contributed by atoms with Crippen molar-refractivity contribution >= 4 is 28.4 Å². The molecule has 0 aliphatic carbocycles. The van der Waals surface area contributed by atoms with Gasteiger partial charge in [-0.05, 0) is 59.2 Å². The van der Waals surface area contributed by atoms with Crippen molar-refractivity contribution in [1.82, 2.24) is 9.97 Å². The first-order chi connectivity index (χ1) is 18.2. The van der Waals surface area contributed by atoms with Crippen molar-refractivity contribution in [3.8, 4) is 11.1 Å². The maximum Gasteiger partial charge on any atom is 0.326 e. The van der Waals surface area contributed by atoms with E-state index in [0.717, 1.165) is 23.2 Å². The second-order valence-electron chi connectivity index (χ2n) is 10.1. The quantitative estimate of drug-likeness (QED) is 0.252. The first-order valence-electron chi connectivity index (χ1n) is 13.2. The van der Waals surface area contributed by atoms with Crippen molar-refractivity contribution in [2.45, 2.75) is 59.3 Å². The first-order valence-corrected chi connectivity index (χ1v) is 13.2. The van der Waals surface area contributed by atoms with E-state index < -0.39 is 17.4 Å². The van der Waals surface area contributed by atoms with Crippen molar-refractivity contribution in [1.29, 1.82) is 0 Å². The average Bonchev–Trinajstić information content (AvgIpc) is 2.88. The third-order valence-electron chi connectivity index (χ3n) is 6.73. The van der Waals surface area contributed by atoms with Crippen LogP contribution < -0.4 is 15.8 Å². The molecule has 0 spiro atoms. The number of nitrogens with one attached hydrogen (secondary N) is 2. The molecule has 0 saturated heterocycles. The summed E-state index contributed by atoms with van der Waals surface area (Å²) in [6.07, 6.45) is 3.10. The Hall–Kier alpha value is -4.00. The highest BCUT2D eigenvalue weighted by molar-refractivity contribution is 6.09. The number of hydrogen-bond donors (Lipinski definition) is 2. The highest BCUT2D eigenvalue weighted by atomic mass is 19.1. The van der Waals surface area contributed by atoms with Gasteiger partial charge in [0.2, 0.25) is 0 Å². The Bertz CT molecular complexity index is 1480. The van der Waals surface area contributed by atoms with Gasteiger partial charge in [-0.15, -0.1) is 0 Å². The van der Waals surface area contributed by atoms with Crippen LogP contribution in [0, 0.1) is 5.82 Å². The number of H-pyrrole nitrogens is 1. The molecule has 0 aliphatic heterocycles. The molecule has 0 unspecified atom stereocenters. The number of hydrogen-bond acceptors (Lipinski definition) is 3. The van der Waals surface area contributed by atoms with Gasteiger partial charge >= 0.3 is 6.03 Å². The second kappa shape index (κ2) is 11.6. The fourth-order valence-electron chi connectivity index (χ4n) is 4.81. The number of amides is 2. The zero-order valence-corrected chi connectivity index (χ0v) is 22.6. The van der Waals surface area contributed by atoms with Gasteiger partial charge in [-0.2, -0.15) is 0 Å². The summed E-state index contributed by atoms with van der Waals surface area (Å²) in [4.78, 5) is 36.3. The van der Waals surface area contributed by atoms with E-state index in [4.69, 9.17) is 0 Å². The van der Waals surface area contributed by atoms with Crippen LogP contribution in [-0.2, 0) is 0 Å². The molecule has 0 radical (unpaired) electrons. The molecule has 6 nitrogen and oxygen atoms in total. The monoisotopic (exact) mass is 514 g/mol. The minimum atomic E-state index is -0.456. The third-order valence-corrected chi connectivity index (χ3v) is 6.73. The SMILES string of the molecule is CCCCN(C(=O)Nc1c(C(C)C)cccc1C(C)C)c1c(-c2cccc(F)c2)c2cccnc2[nH]c1=O. The number of anilines is 2. The summed E-state index contributed by atoms with van der Waals surface area (Å²) in [5.41, 5.74) is 3.91. The molecule has 0 aliphatic rings. The largest absolute Gasteiger partial charge is 0.326 e. The smallest absolute Gasteiger partial charge is 0.307 e. The first kappa shape index (κ1) is 27.0. The molecule has 4 rings (SSSR count). The van der Waals surface area contributed by atoms with Gasteiger partial charge < -0.3 is 10.3 Å². The van der Waals surface area contributed by atoms with Crippen LogP contribution in [0.25, 0.3) is 22.2 Å². The summed E-state index contributed by atoms with van der Waals surface area (Å²) in [6, 6.07) is 15.3. The number of aromatic nitrogens is 2. The summed E-state index contributed by atoms with van der Waals surface area (Å²) in [6.45, 7) is 10.7. The fourth-order valence-corrected chi connectivity index (χ4v) is 4.81. The number of rotatable bonds is 8. The Morgan fingerprint density at radius 3 is 2.34 bits per heavy atom. The number of halogens is 1. The Balaban J connectivity index is 1.94. The van der Waals surface area contributed by atoms with E-state index in [1.807, 2.05) is 31.2 Å². The molecule has 0 bridgehead atoms. The Morgan fingerprint density at radius 1 is 1.03 bits per heavy atom. The zero-order chi connectivity index (χ0) is 27.4. The van der Waals surface area contributed by atoms with E-state index in [1.54, 1.807) is 24.4 Å². The molecule has 198 valence electrons. The van der Waals surface area contributed by atoms with Gasteiger partial charge in [0.15, 0.2) is 0 Å². The third kappa shape index (κ3) is 5.47. The minimum absolute atomic E-state index is 0.176. The van der Waals surface area contributed by atoms with Crippen molar-refractivity contribution in [3.05, 3.63) is 88.1 Å². The highest BCUT2D eigenvalue weighted by Gasteiger charge is 2.27. The van der Waals surface area contributed by atoms with Crippen LogP contribution >= 0.6 is 0 Å². The number of benzene rings is 2. The Morgan fingerprint density at radius 2 is 1.71 bits per heavy atom. The van der Waals surface area contributed by atoms with Crippen LogP contribution in [0.15, 0.2) is 65.6 Å². The molecule has 0 fully saturated rings. The standard InChI is InChI=1S/C31H35FN4O2/c1-6-7-17-36(31(38)34-27-23(19(2)3)13-9-14-24(27)20(4)5)28-26(21-11-8-12-22(32)18-21)25-15-10-16-33-29(25)35-30(28)37/h8-16,18-20H,6-7,17H2,1-5H3,(H,34,38)(H,33,35,37). The normalized spacial score (nSPS) is 11.4. The van der Waals surface area contributed by atoms with Crippen LogP contribution in [0.4, 0.5) is 20.6 Å². The summed E-state index contributed by atoms with van der Waals surface area (Å²) in [5.74, 6) is -0.0556. The number of unbranched alkanes of at least 4 members (excludes halogenated alkanes) is 1. The maximum absolute atomic E-state index is 14.4. The van der Waals surface area contributed by atoms with Gasteiger partial charge in [0, 0.05) is 29.4 Å². The number of urea groups is 1. The number of pyridine rings is 2. The number of aromatic amines is 1. The van der Waals surface area contributed by atoms with Crippen LogP contribution in [0.2, 0.25) is 0 Å². The van der Waals surface area contributed by atoms with Gasteiger partial charge in [0.05, 0.1) is 0 Å². The van der Waals surface area contributed by atoms with Crippen LogP contribution in [0.1, 0.15) is 70.4 Å². The Labute approximate surface area is 222 Å². The molecule has 2 heterocycles. The average molecular weight is 515 g/mol. The lowest BCUT2D eigenvalue weighted by molar-refractivity contribution is 0.256. The van der Waals surface area contributed by atoms with Crippen molar-refractivity contribution in [2.24, 2.45) is 0 Å². The Kier molecular flexibility index (Phi) is 8.25. The molecular formula is C31H35FN4O2. The number of carbonyl (C=O) groups excluding carboxylic acids is 1. The van der Waals surface area contributed by atoms with Crippen LogP contribution in [-0.4, -0.2) is 22.5 Å². The molecular weight excluding hydrogens is 479 g/mol. The van der Waals surface area contributed by atoms with Crippen molar-refractivity contribution < 1.29 is 9.18 Å². The molecule has 2 amide bonds. The van der Waals surface area contributed by atoms with Crippen LogP contribution in [0.5, 0.6) is 0 Å². The van der Waals surface area contributed by atoms with Gasteiger partial charge in [0.25, 0.3) is 5.56 Å². The van der Waals surface area contributed by atoms with Crippen molar-refractivity contribution in [2.75, 3.05) is 16.8 Å². The lowest BCUT2D eigenvalue weighted by Crippen LogP contribution is -2.40.